The van der Waals surface area contributed by atoms with Gasteiger partial charge in [0.2, 0.25) is 0 Å². The van der Waals surface area contributed by atoms with E-state index in [1.807, 2.05) is 20.8 Å². The molecule has 17 heavy (non-hydrogen) atoms. The minimum Gasteiger partial charge on any atom is -0.387 e. The van der Waals surface area contributed by atoms with Gasteiger partial charge in [-0.15, -0.1) is 0 Å². The molecule has 0 heterocycles. The van der Waals surface area contributed by atoms with Crippen LogP contribution in [-0.2, 0) is 4.74 Å². The van der Waals surface area contributed by atoms with Crippen molar-refractivity contribution in [1.82, 2.24) is 10.2 Å². The molecule has 2 amide bonds. The smallest absolute Gasteiger partial charge is 0.316 e. The summed E-state index contributed by atoms with van der Waals surface area (Å²) >= 11 is 0. The summed E-state index contributed by atoms with van der Waals surface area (Å²) in [5.74, 6) is 0. The molecular weight excluding hydrogens is 220 g/mol. The Morgan fingerprint density at radius 3 is 2.53 bits per heavy atom. The molecule has 2 N–H and O–H groups in total. The van der Waals surface area contributed by atoms with Crippen LogP contribution in [0.5, 0.6) is 0 Å². The van der Waals surface area contributed by atoms with E-state index in [1.54, 1.807) is 14.1 Å². The summed E-state index contributed by atoms with van der Waals surface area (Å²) in [5.41, 5.74) is -1.21. The lowest BCUT2D eigenvalue weighted by molar-refractivity contribution is -0.237. The van der Waals surface area contributed by atoms with E-state index in [9.17, 15) is 9.90 Å². The third-order valence-electron chi connectivity index (χ3n) is 3.83. The molecular formula is C12H24N2O3. The van der Waals surface area contributed by atoms with Gasteiger partial charge < -0.3 is 20.1 Å². The maximum Gasteiger partial charge on any atom is 0.316 e. The summed E-state index contributed by atoms with van der Waals surface area (Å²) in [6.45, 7) is 6.80. The van der Waals surface area contributed by atoms with Gasteiger partial charge in [0.25, 0.3) is 0 Å². The summed E-state index contributed by atoms with van der Waals surface area (Å²) in [6, 6.07) is -0.186. The summed E-state index contributed by atoms with van der Waals surface area (Å²) in [6.07, 6.45) is 0.635. The first-order valence-electron chi connectivity index (χ1n) is 6.03. The second-order valence-corrected chi connectivity index (χ2v) is 5.45. The SMILES string of the molecule is CCO[C@H]1C[C@](O)(CNC(=O)N(C)C)C1(C)C. The van der Waals surface area contributed by atoms with Crippen molar-refractivity contribution in [1.29, 1.82) is 0 Å². The van der Waals surface area contributed by atoms with Gasteiger partial charge in [-0.3, -0.25) is 0 Å². The van der Waals surface area contributed by atoms with Crippen LogP contribution in [0.3, 0.4) is 0 Å². The van der Waals surface area contributed by atoms with Gasteiger partial charge in [-0.25, -0.2) is 4.79 Å². The van der Waals surface area contributed by atoms with E-state index in [0.29, 0.717) is 13.0 Å². The normalized spacial score (nSPS) is 30.6. The zero-order valence-corrected chi connectivity index (χ0v) is 11.4. The van der Waals surface area contributed by atoms with Crippen molar-refractivity contribution in [3.63, 3.8) is 0 Å². The van der Waals surface area contributed by atoms with E-state index in [1.165, 1.54) is 4.90 Å². The van der Waals surface area contributed by atoms with Crippen molar-refractivity contribution in [2.75, 3.05) is 27.2 Å². The van der Waals surface area contributed by atoms with Gasteiger partial charge in [-0.2, -0.15) is 0 Å². The highest BCUT2D eigenvalue weighted by atomic mass is 16.5. The fourth-order valence-electron chi connectivity index (χ4n) is 2.14. The average Bonchev–Trinajstić information content (AvgIpc) is 2.25. The van der Waals surface area contributed by atoms with E-state index < -0.39 is 5.60 Å². The summed E-state index contributed by atoms with van der Waals surface area (Å²) in [4.78, 5) is 12.9. The Kier molecular flexibility index (Phi) is 4.04. The number of hydrogen-bond donors (Lipinski definition) is 2. The molecule has 0 aromatic carbocycles. The molecule has 0 aromatic heterocycles. The number of urea groups is 1. The number of nitrogens with zero attached hydrogens (tertiary/aromatic N) is 1. The standard InChI is InChI=1S/C12H24N2O3/c1-6-17-9-7-12(16,11(9,2)3)8-13-10(15)14(4)5/h9,16H,6-8H2,1-5H3,(H,13,15)/t9-,12-/m0/s1. The molecule has 0 aliphatic heterocycles. The van der Waals surface area contributed by atoms with Gasteiger partial charge in [-0.05, 0) is 6.92 Å². The van der Waals surface area contributed by atoms with E-state index in [-0.39, 0.29) is 24.1 Å². The Balaban J connectivity index is 2.52. The van der Waals surface area contributed by atoms with Crippen LogP contribution in [0.1, 0.15) is 27.2 Å². The summed E-state index contributed by atoms with van der Waals surface area (Å²) < 4.78 is 5.56. The van der Waals surface area contributed by atoms with Crippen LogP contribution in [0.25, 0.3) is 0 Å². The highest BCUT2D eigenvalue weighted by molar-refractivity contribution is 5.73. The lowest BCUT2D eigenvalue weighted by Crippen LogP contribution is -2.69. The molecule has 5 heteroatoms. The lowest BCUT2D eigenvalue weighted by Gasteiger charge is -2.57. The molecule has 1 aliphatic rings. The zero-order valence-electron chi connectivity index (χ0n) is 11.4. The predicted octanol–water partition coefficient (Wildman–Crippen LogP) is 0.824. The van der Waals surface area contributed by atoms with Crippen molar-refractivity contribution in [2.24, 2.45) is 5.41 Å². The van der Waals surface area contributed by atoms with Crippen LogP contribution in [-0.4, -0.2) is 55.0 Å². The molecule has 1 rings (SSSR count). The maximum absolute atomic E-state index is 11.4. The Morgan fingerprint density at radius 2 is 2.12 bits per heavy atom. The van der Waals surface area contributed by atoms with Crippen LogP contribution in [0.4, 0.5) is 4.79 Å². The molecule has 0 unspecified atom stereocenters. The topological polar surface area (TPSA) is 61.8 Å². The van der Waals surface area contributed by atoms with E-state index in [0.717, 1.165) is 0 Å². The fraction of sp³-hybridized carbons (Fsp3) is 0.917. The third-order valence-corrected chi connectivity index (χ3v) is 3.83. The number of rotatable bonds is 4. The second kappa shape index (κ2) is 4.82. The molecule has 1 saturated carbocycles. The van der Waals surface area contributed by atoms with Crippen molar-refractivity contribution < 1.29 is 14.6 Å². The number of carbonyl (C=O) groups is 1. The largest absolute Gasteiger partial charge is 0.387 e. The molecule has 100 valence electrons. The number of carbonyl (C=O) groups excluding carboxylic acids is 1. The Morgan fingerprint density at radius 1 is 1.53 bits per heavy atom. The average molecular weight is 244 g/mol. The van der Waals surface area contributed by atoms with E-state index >= 15 is 0 Å². The first kappa shape index (κ1) is 14.3. The van der Waals surface area contributed by atoms with Crippen LogP contribution >= 0.6 is 0 Å². The van der Waals surface area contributed by atoms with Gasteiger partial charge >= 0.3 is 6.03 Å². The molecule has 0 aromatic rings. The minimum absolute atomic E-state index is 0.0637. The van der Waals surface area contributed by atoms with E-state index in [2.05, 4.69) is 5.32 Å². The second-order valence-electron chi connectivity index (χ2n) is 5.45. The van der Waals surface area contributed by atoms with Gasteiger partial charge in [0, 0.05) is 39.1 Å². The van der Waals surface area contributed by atoms with Crippen LogP contribution in [0.2, 0.25) is 0 Å². The number of nitrogens with one attached hydrogen (secondary N) is 1. The Labute approximate surface area is 103 Å². The molecule has 1 fully saturated rings. The monoisotopic (exact) mass is 244 g/mol. The summed E-state index contributed by atoms with van der Waals surface area (Å²) in [7, 11) is 3.35. The number of amides is 2. The molecule has 1 aliphatic carbocycles. The van der Waals surface area contributed by atoms with Crippen LogP contribution in [0, 0.1) is 5.41 Å². The molecule has 2 atom stereocenters. The first-order chi connectivity index (χ1) is 7.74. The van der Waals surface area contributed by atoms with Gasteiger partial charge in [0.05, 0.1) is 11.7 Å². The fourth-order valence-corrected chi connectivity index (χ4v) is 2.14. The Bertz CT molecular complexity index is 291. The highest BCUT2D eigenvalue weighted by Gasteiger charge is 2.59. The summed E-state index contributed by atoms with van der Waals surface area (Å²) in [5, 5.41) is 13.2. The third kappa shape index (κ3) is 2.55. The highest BCUT2D eigenvalue weighted by Crippen LogP contribution is 2.50. The van der Waals surface area contributed by atoms with Crippen molar-refractivity contribution in [3.05, 3.63) is 0 Å². The quantitative estimate of drug-likeness (QED) is 0.770. The lowest BCUT2D eigenvalue weighted by atomic mass is 9.56. The minimum atomic E-state index is -0.876. The molecule has 5 nitrogen and oxygen atoms in total. The molecule has 0 saturated heterocycles. The first-order valence-corrected chi connectivity index (χ1v) is 6.03. The number of aliphatic hydroxyl groups is 1. The molecule has 0 bridgehead atoms. The van der Waals surface area contributed by atoms with E-state index in [4.69, 9.17) is 4.74 Å². The van der Waals surface area contributed by atoms with Crippen molar-refractivity contribution in [3.8, 4) is 0 Å². The zero-order chi connectivity index (χ0) is 13.3. The predicted molar refractivity (Wildman–Crippen MR) is 65.8 cm³/mol. The van der Waals surface area contributed by atoms with Gasteiger partial charge in [0.1, 0.15) is 0 Å². The van der Waals surface area contributed by atoms with Crippen LogP contribution < -0.4 is 5.32 Å². The number of hydrogen-bond acceptors (Lipinski definition) is 3. The molecule has 0 radical (unpaired) electrons. The van der Waals surface area contributed by atoms with Gasteiger partial charge in [0.15, 0.2) is 0 Å². The van der Waals surface area contributed by atoms with Crippen molar-refractivity contribution in [2.45, 2.75) is 38.9 Å². The van der Waals surface area contributed by atoms with Crippen molar-refractivity contribution >= 4 is 6.03 Å². The molecule has 0 spiro atoms. The van der Waals surface area contributed by atoms with Gasteiger partial charge in [-0.1, -0.05) is 13.8 Å². The Hall–Kier alpha value is -0.810. The number of ether oxygens (including phenoxy) is 1. The van der Waals surface area contributed by atoms with Crippen LogP contribution in [0.15, 0.2) is 0 Å². The maximum atomic E-state index is 11.4.